The van der Waals surface area contributed by atoms with Crippen LogP contribution in [0.15, 0.2) is 83.3 Å². The number of methoxy groups -OCH3 is 3. The molecule has 42 heavy (non-hydrogen) atoms. The van der Waals surface area contributed by atoms with Gasteiger partial charge in [-0.15, -0.1) is 11.3 Å². The van der Waals surface area contributed by atoms with Crippen molar-refractivity contribution in [3.63, 3.8) is 0 Å². The molecule has 9 heteroatoms. The number of aliphatic imine (C=N–C) groups is 1. The number of esters is 1. The van der Waals surface area contributed by atoms with Crippen molar-refractivity contribution in [1.29, 1.82) is 0 Å². The van der Waals surface area contributed by atoms with Gasteiger partial charge in [0.1, 0.15) is 11.5 Å². The highest BCUT2D eigenvalue weighted by Gasteiger charge is 2.24. The van der Waals surface area contributed by atoms with Crippen molar-refractivity contribution >= 4 is 46.4 Å². The molecule has 1 aliphatic rings. The van der Waals surface area contributed by atoms with Crippen molar-refractivity contribution in [3.05, 3.63) is 111 Å². The van der Waals surface area contributed by atoms with Crippen LogP contribution in [0.2, 0.25) is 0 Å². The predicted molar refractivity (Wildman–Crippen MR) is 166 cm³/mol. The number of hydrogen-bond acceptors (Lipinski definition) is 8. The van der Waals surface area contributed by atoms with Crippen molar-refractivity contribution < 1.29 is 23.4 Å². The number of rotatable bonds is 8. The van der Waals surface area contributed by atoms with Gasteiger partial charge in [-0.25, -0.2) is 19.2 Å². The number of nitrogens with zero attached hydrogens (tertiary/aromatic N) is 2. The van der Waals surface area contributed by atoms with Crippen LogP contribution < -0.4 is 14.8 Å². The molecular formula is C33H30FN3O4S. The summed E-state index contributed by atoms with van der Waals surface area (Å²) >= 11 is 1.59. The molecule has 4 aromatic rings. The third kappa shape index (κ3) is 6.11. The van der Waals surface area contributed by atoms with Gasteiger partial charge in [-0.2, -0.15) is 0 Å². The average molecular weight is 584 g/mol. The van der Waals surface area contributed by atoms with Gasteiger partial charge in [0, 0.05) is 33.7 Å². The minimum atomic E-state index is -0.439. The third-order valence-electron chi connectivity index (χ3n) is 6.89. The normalized spacial score (nSPS) is 14.7. The fourth-order valence-corrected chi connectivity index (χ4v) is 5.61. The Kier molecular flexibility index (Phi) is 8.78. The first-order valence-corrected chi connectivity index (χ1v) is 14.2. The quantitative estimate of drug-likeness (QED) is 0.168. The molecule has 5 rings (SSSR count). The second-order valence-corrected chi connectivity index (χ2v) is 10.4. The molecular weight excluding hydrogens is 553 g/mol. The lowest BCUT2D eigenvalue weighted by Crippen LogP contribution is -2.16. The van der Waals surface area contributed by atoms with Crippen molar-refractivity contribution in [1.82, 2.24) is 4.98 Å². The van der Waals surface area contributed by atoms with Crippen LogP contribution in [-0.2, 0) is 4.74 Å². The van der Waals surface area contributed by atoms with E-state index in [1.54, 1.807) is 62.0 Å². The van der Waals surface area contributed by atoms with Crippen LogP contribution in [0.1, 0.15) is 56.9 Å². The molecule has 214 valence electrons. The van der Waals surface area contributed by atoms with Crippen LogP contribution in [0.5, 0.6) is 11.5 Å². The Morgan fingerprint density at radius 1 is 1.00 bits per heavy atom. The van der Waals surface area contributed by atoms with Crippen LogP contribution in [0.25, 0.3) is 17.6 Å². The summed E-state index contributed by atoms with van der Waals surface area (Å²) in [5.41, 5.74) is 6.31. The minimum Gasteiger partial charge on any atom is -0.493 e. The molecule has 1 aliphatic heterocycles. The number of carbonyl (C=O) groups is 1. The number of aromatic nitrogens is 1. The summed E-state index contributed by atoms with van der Waals surface area (Å²) in [6.07, 6.45) is 4.41. The van der Waals surface area contributed by atoms with Gasteiger partial charge in [0.15, 0.2) is 17.3 Å². The van der Waals surface area contributed by atoms with E-state index in [9.17, 15) is 4.79 Å². The number of hydrogen-bond donors (Lipinski definition) is 1. The first-order chi connectivity index (χ1) is 20.4. The lowest BCUT2D eigenvalue weighted by Gasteiger charge is -2.13. The predicted octanol–water partition coefficient (Wildman–Crippen LogP) is 7.82. The Labute approximate surface area is 248 Å². The van der Waals surface area contributed by atoms with Crippen LogP contribution in [0, 0.1) is 0 Å². The lowest BCUT2D eigenvalue weighted by molar-refractivity contribution is 0.0600. The number of carbonyl (C=O) groups excluding carboxylic acids is 1. The number of ether oxygens (including phenoxy) is 3. The van der Waals surface area contributed by atoms with E-state index in [-0.39, 0.29) is 5.92 Å². The summed E-state index contributed by atoms with van der Waals surface area (Å²) in [6, 6.07) is 19.4. The Morgan fingerprint density at radius 3 is 2.50 bits per heavy atom. The maximum atomic E-state index is 15.5. The van der Waals surface area contributed by atoms with E-state index in [0.717, 1.165) is 28.2 Å². The zero-order chi connectivity index (χ0) is 29.6. The second kappa shape index (κ2) is 12.8. The van der Waals surface area contributed by atoms with Crippen molar-refractivity contribution in [2.75, 3.05) is 26.6 Å². The minimum absolute atomic E-state index is 0.0910. The Balaban J connectivity index is 1.50. The number of benzene rings is 3. The van der Waals surface area contributed by atoms with Gasteiger partial charge in [0.05, 0.1) is 38.1 Å². The third-order valence-corrected chi connectivity index (χ3v) is 7.85. The van der Waals surface area contributed by atoms with Gasteiger partial charge in [0.25, 0.3) is 0 Å². The standard InChI is InChI=1S/C33H30FN3O4S/c1-5-21-17-27(24-8-6-7-23(16-24)26(34)15-20-9-11-22(12-10-20)33(38)41-4)37-32(30-31(21)42-19-35-30)36-25-13-14-28(39-2)29(18-25)40-3/h6-19,21H,5H2,1-4H3,(H,36,37). The Hall–Kier alpha value is -4.76. The molecule has 0 bridgehead atoms. The van der Waals surface area contributed by atoms with Crippen LogP contribution in [0.4, 0.5) is 10.1 Å². The summed E-state index contributed by atoms with van der Waals surface area (Å²) in [4.78, 5) is 22.5. The first-order valence-electron chi connectivity index (χ1n) is 13.3. The average Bonchev–Trinajstić information content (AvgIpc) is 3.47. The maximum absolute atomic E-state index is 15.5. The Morgan fingerprint density at radius 2 is 1.79 bits per heavy atom. The highest BCUT2D eigenvalue weighted by Crippen LogP contribution is 2.37. The largest absolute Gasteiger partial charge is 0.493 e. The number of thiazole rings is 1. The first kappa shape index (κ1) is 28.8. The maximum Gasteiger partial charge on any atom is 0.337 e. The molecule has 0 radical (unpaired) electrons. The van der Waals surface area contributed by atoms with E-state index in [1.807, 2.05) is 35.8 Å². The van der Waals surface area contributed by atoms with Gasteiger partial charge >= 0.3 is 5.97 Å². The molecule has 3 aromatic carbocycles. The zero-order valence-electron chi connectivity index (χ0n) is 23.7. The highest BCUT2D eigenvalue weighted by atomic mass is 32.1. The second-order valence-electron chi connectivity index (χ2n) is 9.47. The van der Waals surface area contributed by atoms with Crippen LogP contribution in [0.3, 0.4) is 0 Å². The number of fused-ring (bicyclic) bond motifs is 1. The smallest absolute Gasteiger partial charge is 0.337 e. The molecule has 0 saturated carbocycles. The van der Waals surface area contributed by atoms with Crippen molar-refractivity contribution in [3.8, 4) is 11.5 Å². The molecule has 1 atom stereocenters. The van der Waals surface area contributed by atoms with Gasteiger partial charge in [-0.05, 0) is 54.5 Å². The Bertz CT molecular complexity index is 1690. The number of halogens is 1. The van der Waals surface area contributed by atoms with Gasteiger partial charge in [-0.1, -0.05) is 37.3 Å². The molecule has 0 amide bonds. The van der Waals surface area contributed by atoms with Crippen LogP contribution in [-0.4, -0.2) is 38.1 Å². The summed E-state index contributed by atoms with van der Waals surface area (Å²) < 4.78 is 31.0. The molecule has 1 unspecified atom stereocenters. The molecule has 0 spiro atoms. The van der Waals surface area contributed by atoms with Gasteiger partial charge in [-0.3, -0.25) is 0 Å². The van der Waals surface area contributed by atoms with E-state index < -0.39 is 11.8 Å². The molecule has 0 saturated heterocycles. The van der Waals surface area contributed by atoms with E-state index in [4.69, 9.17) is 19.2 Å². The topological polar surface area (TPSA) is 82.0 Å². The van der Waals surface area contributed by atoms with Crippen LogP contribution >= 0.6 is 11.3 Å². The number of anilines is 1. The molecule has 7 nitrogen and oxygen atoms in total. The molecule has 1 N–H and O–H groups in total. The molecule has 0 fully saturated rings. The zero-order valence-corrected chi connectivity index (χ0v) is 24.5. The van der Waals surface area contributed by atoms with Gasteiger partial charge in [0.2, 0.25) is 0 Å². The van der Waals surface area contributed by atoms with E-state index >= 15 is 4.39 Å². The van der Waals surface area contributed by atoms with E-state index in [2.05, 4.69) is 23.3 Å². The molecule has 2 heterocycles. The summed E-state index contributed by atoms with van der Waals surface area (Å²) in [6.45, 7) is 2.12. The summed E-state index contributed by atoms with van der Waals surface area (Å²) in [5, 5.41) is 3.42. The number of nitrogens with one attached hydrogen (secondary N) is 1. The summed E-state index contributed by atoms with van der Waals surface area (Å²) in [5.74, 6) is 1.05. The fraction of sp³-hybridized carbons (Fsp3) is 0.182. The SMILES string of the molecule is CCC1C=C(c2cccc(C(F)=Cc3ccc(C(=O)OC)cc3)c2)N=C(Nc2ccc(OC)c(OC)c2)c2ncsc21. The van der Waals surface area contributed by atoms with Crippen molar-refractivity contribution in [2.45, 2.75) is 19.3 Å². The molecule has 1 aromatic heterocycles. The highest BCUT2D eigenvalue weighted by molar-refractivity contribution is 7.10. The lowest BCUT2D eigenvalue weighted by atomic mass is 9.99. The molecule has 0 aliphatic carbocycles. The number of amidine groups is 1. The van der Waals surface area contributed by atoms with E-state index in [1.165, 1.54) is 13.2 Å². The summed E-state index contributed by atoms with van der Waals surface area (Å²) in [7, 11) is 4.51. The fourth-order valence-electron chi connectivity index (χ4n) is 4.66. The van der Waals surface area contributed by atoms with Gasteiger partial charge < -0.3 is 19.5 Å². The van der Waals surface area contributed by atoms with E-state index in [0.29, 0.717) is 39.7 Å². The van der Waals surface area contributed by atoms with Crippen molar-refractivity contribution in [2.24, 2.45) is 4.99 Å². The number of allylic oxidation sites excluding steroid dienone is 1. The monoisotopic (exact) mass is 583 g/mol.